The van der Waals surface area contributed by atoms with Crippen molar-refractivity contribution < 1.29 is 27.8 Å². The Bertz CT molecular complexity index is 375. The summed E-state index contributed by atoms with van der Waals surface area (Å²) < 4.78 is 41.5. The third-order valence-corrected chi connectivity index (χ3v) is 1.84. The average Bonchev–Trinajstić information content (AvgIpc) is 2.17. The molecule has 0 aliphatic heterocycles. The fourth-order valence-electron chi connectivity index (χ4n) is 1.15. The van der Waals surface area contributed by atoms with Crippen molar-refractivity contribution in [2.75, 3.05) is 7.11 Å². The van der Waals surface area contributed by atoms with Gasteiger partial charge in [-0.3, -0.25) is 0 Å². The number of aromatic nitrogens is 1. The topological polar surface area (TPSA) is 59.4 Å². The molecule has 1 rings (SSSR count). The van der Waals surface area contributed by atoms with Gasteiger partial charge in [-0.1, -0.05) is 6.07 Å². The van der Waals surface area contributed by atoms with E-state index in [1.807, 2.05) is 0 Å². The monoisotopic (exact) mass is 235 g/mol. The molecule has 4 nitrogen and oxygen atoms in total. The highest BCUT2D eigenvalue weighted by atomic mass is 19.4. The second kappa shape index (κ2) is 4.48. The van der Waals surface area contributed by atoms with Gasteiger partial charge in [0.25, 0.3) is 0 Å². The molecule has 0 aliphatic rings. The number of hydrogen-bond acceptors (Lipinski definition) is 3. The van der Waals surface area contributed by atoms with E-state index < -0.39 is 18.2 Å². The van der Waals surface area contributed by atoms with Crippen LogP contribution in [-0.2, 0) is 4.74 Å². The molecule has 0 saturated carbocycles. The van der Waals surface area contributed by atoms with Crippen LogP contribution in [-0.4, -0.2) is 29.3 Å². The van der Waals surface area contributed by atoms with Crippen LogP contribution in [0.1, 0.15) is 22.2 Å². The number of carboxylic acids is 1. The Kier molecular flexibility index (Phi) is 3.48. The van der Waals surface area contributed by atoms with Crippen LogP contribution >= 0.6 is 0 Å². The molecule has 1 N–H and O–H groups in total. The highest BCUT2D eigenvalue weighted by Gasteiger charge is 2.41. The second-order valence-corrected chi connectivity index (χ2v) is 2.94. The number of pyridine rings is 1. The van der Waals surface area contributed by atoms with E-state index >= 15 is 0 Å². The van der Waals surface area contributed by atoms with Gasteiger partial charge in [0.15, 0.2) is 6.10 Å². The summed E-state index contributed by atoms with van der Waals surface area (Å²) in [4.78, 5) is 13.8. The van der Waals surface area contributed by atoms with E-state index in [2.05, 4.69) is 9.72 Å². The molecule has 0 spiro atoms. The summed E-state index contributed by atoms with van der Waals surface area (Å²) in [5.74, 6) is -1.30. The van der Waals surface area contributed by atoms with Crippen LogP contribution < -0.4 is 0 Å². The zero-order valence-electron chi connectivity index (χ0n) is 8.15. The molecule has 88 valence electrons. The van der Waals surface area contributed by atoms with E-state index in [-0.39, 0.29) is 11.3 Å². The maximum atomic E-state index is 12.4. The van der Waals surface area contributed by atoms with Gasteiger partial charge in [-0.25, -0.2) is 9.78 Å². The molecule has 16 heavy (non-hydrogen) atoms. The van der Waals surface area contributed by atoms with Gasteiger partial charge < -0.3 is 9.84 Å². The number of carbonyl (C=O) groups is 1. The van der Waals surface area contributed by atoms with Gasteiger partial charge in [0.1, 0.15) is 5.69 Å². The van der Waals surface area contributed by atoms with Crippen molar-refractivity contribution in [2.24, 2.45) is 0 Å². The molecule has 1 heterocycles. The van der Waals surface area contributed by atoms with Gasteiger partial charge in [-0.15, -0.1) is 0 Å². The van der Waals surface area contributed by atoms with E-state index in [1.54, 1.807) is 0 Å². The van der Waals surface area contributed by atoms with Crippen LogP contribution in [0.3, 0.4) is 0 Å². The predicted molar refractivity (Wildman–Crippen MR) is 47.0 cm³/mol. The van der Waals surface area contributed by atoms with E-state index in [4.69, 9.17) is 5.11 Å². The first-order valence-corrected chi connectivity index (χ1v) is 4.15. The second-order valence-electron chi connectivity index (χ2n) is 2.94. The van der Waals surface area contributed by atoms with Crippen LogP contribution in [0.25, 0.3) is 0 Å². The summed E-state index contributed by atoms with van der Waals surface area (Å²) in [6.45, 7) is 0. The minimum atomic E-state index is -4.55. The molecule has 0 aliphatic carbocycles. The van der Waals surface area contributed by atoms with E-state index in [9.17, 15) is 18.0 Å². The standard InChI is InChI=1S/C9H8F3NO3/c1-16-7(9(10,11)12)5-2-3-6(8(14)15)13-4-5/h2-4,7H,1H3,(H,14,15). The molecule has 7 heteroatoms. The maximum absolute atomic E-state index is 12.4. The van der Waals surface area contributed by atoms with Crippen LogP contribution in [0.5, 0.6) is 0 Å². The third-order valence-electron chi connectivity index (χ3n) is 1.84. The molecular formula is C9H8F3NO3. The molecule has 0 radical (unpaired) electrons. The van der Waals surface area contributed by atoms with Crippen molar-refractivity contribution in [1.82, 2.24) is 4.98 Å². The zero-order valence-corrected chi connectivity index (χ0v) is 8.15. The predicted octanol–water partition coefficient (Wildman–Crippen LogP) is 2.03. The van der Waals surface area contributed by atoms with Gasteiger partial charge in [0, 0.05) is 18.9 Å². The quantitative estimate of drug-likeness (QED) is 0.870. The number of methoxy groups -OCH3 is 1. The molecular weight excluding hydrogens is 227 g/mol. The molecule has 1 aromatic rings. The maximum Gasteiger partial charge on any atom is 0.418 e. The number of aromatic carboxylic acids is 1. The molecule has 1 aromatic heterocycles. The van der Waals surface area contributed by atoms with Gasteiger partial charge in [0.2, 0.25) is 0 Å². The minimum Gasteiger partial charge on any atom is -0.477 e. The van der Waals surface area contributed by atoms with Gasteiger partial charge in [-0.2, -0.15) is 13.2 Å². The van der Waals surface area contributed by atoms with Crippen molar-refractivity contribution in [3.8, 4) is 0 Å². The number of alkyl halides is 3. The van der Waals surface area contributed by atoms with Crippen molar-refractivity contribution in [3.05, 3.63) is 29.6 Å². The van der Waals surface area contributed by atoms with Crippen LogP contribution in [0, 0.1) is 0 Å². The molecule has 0 bridgehead atoms. The van der Waals surface area contributed by atoms with Crippen molar-refractivity contribution in [2.45, 2.75) is 12.3 Å². The molecule has 0 amide bonds. The molecule has 1 atom stereocenters. The van der Waals surface area contributed by atoms with Crippen LogP contribution in [0.15, 0.2) is 18.3 Å². The smallest absolute Gasteiger partial charge is 0.418 e. The summed E-state index contributed by atoms with van der Waals surface area (Å²) in [5, 5.41) is 8.52. The van der Waals surface area contributed by atoms with Gasteiger partial charge in [0.05, 0.1) is 0 Å². The lowest BCUT2D eigenvalue weighted by atomic mass is 10.1. The molecule has 0 fully saturated rings. The highest BCUT2D eigenvalue weighted by molar-refractivity contribution is 5.85. The number of carboxylic acid groups (broad SMARTS) is 1. The molecule has 1 unspecified atom stereocenters. The lowest BCUT2D eigenvalue weighted by molar-refractivity contribution is -0.216. The summed E-state index contributed by atoms with van der Waals surface area (Å²) in [6, 6.07) is 2.02. The average molecular weight is 235 g/mol. The summed E-state index contributed by atoms with van der Waals surface area (Å²) in [5.41, 5.74) is -0.555. The summed E-state index contributed by atoms with van der Waals surface area (Å²) in [6.07, 6.45) is -5.81. The lowest BCUT2D eigenvalue weighted by Gasteiger charge is -2.18. The van der Waals surface area contributed by atoms with Gasteiger partial charge in [-0.05, 0) is 6.07 Å². The molecule has 0 saturated heterocycles. The minimum absolute atomic E-state index is 0.236. The first-order valence-electron chi connectivity index (χ1n) is 4.15. The highest BCUT2D eigenvalue weighted by Crippen LogP contribution is 2.34. The fourth-order valence-corrected chi connectivity index (χ4v) is 1.15. The Hall–Kier alpha value is -1.63. The van der Waals surface area contributed by atoms with Gasteiger partial charge >= 0.3 is 12.1 Å². The third kappa shape index (κ3) is 2.69. The largest absolute Gasteiger partial charge is 0.477 e. The summed E-state index contributed by atoms with van der Waals surface area (Å²) in [7, 11) is 0.920. The normalized spacial score (nSPS) is 13.5. The number of halogens is 3. The first-order chi connectivity index (χ1) is 7.36. The number of hydrogen-bond donors (Lipinski definition) is 1. The van der Waals surface area contributed by atoms with Crippen LogP contribution in [0.4, 0.5) is 13.2 Å². The Morgan fingerprint density at radius 2 is 2.12 bits per heavy atom. The Morgan fingerprint density at radius 1 is 1.50 bits per heavy atom. The number of ether oxygens (including phenoxy) is 1. The van der Waals surface area contributed by atoms with E-state index in [0.29, 0.717) is 0 Å². The van der Waals surface area contributed by atoms with Crippen molar-refractivity contribution in [3.63, 3.8) is 0 Å². The number of rotatable bonds is 3. The lowest BCUT2D eigenvalue weighted by Crippen LogP contribution is -2.22. The SMILES string of the molecule is COC(c1ccc(C(=O)O)nc1)C(F)(F)F. The Morgan fingerprint density at radius 3 is 2.44 bits per heavy atom. The summed E-state index contributed by atoms with van der Waals surface area (Å²) >= 11 is 0. The van der Waals surface area contributed by atoms with E-state index in [0.717, 1.165) is 25.4 Å². The molecule has 0 aromatic carbocycles. The van der Waals surface area contributed by atoms with Crippen molar-refractivity contribution >= 4 is 5.97 Å². The fraction of sp³-hybridized carbons (Fsp3) is 0.333. The Balaban J connectivity index is 3.00. The Labute approximate surface area is 88.7 Å². The number of nitrogens with zero attached hydrogens (tertiary/aromatic N) is 1. The zero-order chi connectivity index (χ0) is 12.3. The van der Waals surface area contributed by atoms with E-state index in [1.165, 1.54) is 0 Å². The van der Waals surface area contributed by atoms with Crippen molar-refractivity contribution in [1.29, 1.82) is 0 Å². The first kappa shape index (κ1) is 12.4. The van der Waals surface area contributed by atoms with Crippen LogP contribution in [0.2, 0.25) is 0 Å².